The predicted octanol–water partition coefficient (Wildman–Crippen LogP) is 6.16. The third-order valence-electron chi connectivity index (χ3n) is 6.62. The van der Waals surface area contributed by atoms with Crippen molar-refractivity contribution >= 4 is 28.3 Å². The lowest BCUT2D eigenvalue weighted by molar-refractivity contribution is 0.0986. The van der Waals surface area contributed by atoms with E-state index in [1.165, 1.54) is 0 Å². The zero-order chi connectivity index (χ0) is 26.6. The Morgan fingerprint density at radius 3 is 1.95 bits per heavy atom. The molecule has 0 bridgehead atoms. The average molecular weight is 504 g/mol. The van der Waals surface area contributed by atoms with Gasteiger partial charge in [-0.1, -0.05) is 30.3 Å². The number of carbonyl (C=O) groups excluding carboxylic acids is 2. The van der Waals surface area contributed by atoms with Crippen LogP contribution in [0.4, 0.5) is 5.69 Å². The molecule has 0 aliphatic rings. The van der Waals surface area contributed by atoms with Gasteiger partial charge in [-0.15, -0.1) is 0 Å². The van der Waals surface area contributed by atoms with Crippen molar-refractivity contribution in [2.75, 3.05) is 26.1 Å². The number of nitrogens with one attached hydrogen (secondary N) is 1. The summed E-state index contributed by atoms with van der Waals surface area (Å²) >= 11 is 0. The molecule has 6 heteroatoms. The highest BCUT2D eigenvalue weighted by Gasteiger charge is 2.12. The van der Waals surface area contributed by atoms with Gasteiger partial charge in [0, 0.05) is 49.3 Å². The first-order valence-electron chi connectivity index (χ1n) is 12.5. The number of aromatic amines is 1. The van der Waals surface area contributed by atoms with Crippen LogP contribution in [0.5, 0.6) is 5.75 Å². The zero-order valence-corrected chi connectivity index (χ0v) is 21.7. The van der Waals surface area contributed by atoms with Gasteiger partial charge < -0.3 is 14.6 Å². The quantitative estimate of drug-likeness (QED) is 0.244. The first-order chi connectivity index (χ1) is 18.4. The van der Waals surface area contributed by atoms with Crippen molar-refractivity contribution < 1.29 is 14.3 Å². The molecule has 0 radical (unpaired) electrons. The van der Waals surface area contributed by atoms with Gasteiger partial charge >= 0.3 is 0 Å². The van der Waals surface area contributed by atoms with Gasteiger partial charge in [0.1, 0.15) is 11.6 Å². The average Bonchev–Trinajstić information content (AvgIpc) is 3.37. The summed E-state index contributed by atoms with van der Waals surface area (Å²) in [5.74, 6) is 1.64. The summed E-state index contributed by atoms with van der Waals surface area (Å²) in [6.07, 6.45) is 0.576. The molecule has 0 amide bonds. The summed E-state index contributed by atoms with van der Waals surface area (Å²) < 4.78 is 5.23. The number of nitrogens with zero attached hydrogens (tertiary/aromatic N) is 2. The molecular formula is C32H29N3O3. The van der Waals surface area contributed by atoms with Crippen LogP contribution in [-0.2, 0) is 12.8 Å². The van der Waals surface area contributed by atoms with E-state index in [1.54, 1.807) is 19.2 Å². The SMILES string of the molecule is COc1ccc(-c2nc3ccc(CC(=O)c4ccc(CC(=O)c5ccc(N(C)C)cc5)cc4)cc3[nH]2)cc1. The number of carbonyl (C=O) groups is 2. The Hall–Kier alpha value is -4.71. The molecule has 190 valence electrons. The lowest BCUT2D eigenvalue weighted by Crippen LogP contribution is -2.09. The number of H-pyrrole nitrogens is 1. The van der Waals surface area contributed by atoms with Crippen molar-refractivity contribution in [2.24, 2.45) is 0 Å². The molecule has 1 N–H and O–H groups in total. The van der Waals surface area contributed by atoms with Crippen LogP contribution in [-0.4, -0.2) is 42.7 Å². The lowest BCUT2D eigenvalue weighted by atomic mass is 9.98. The van der Waals surface area contributed by atoms with Crippen LogP contribution >= 0.6 is 0 Å². The highest BCUT2D eigenvalue weighted by molar-refractivity contribution is 5.99. The van der Waals surface area contributed by atoms with E-state index in [0.29, 0.717) is 17.5 Å². The molecule has 0 atom stereocenters. The normalized spacial score (nSPS) is 10.9. The molecule has 4 aromatic carbocycles. The van der Waals surface area contributed by atoms with Crippen molar-refractivity contribution in [3.63, 3.8) is 0 Å². The van der Waals surface area contributed by atoms with Gasteiger partial charge in [-0.05, 0) is 71.8 Å². The van der Waals surface area contributed by atoms with E-state index in [9.17, 15) is 9.59 Å². The van der Waals surface area contributed by atoms with E-state index < -0.39 is 0 Å². The monoisotopic (exact) mass is 503 g/mol. The van der Waals surface area contributed by atoms with Gasteiger partial charge in [-0.2, -0.15) is 0 Å². The van der Waals surface area contributed by atoms with Crippen LogP contribution in [0.25, 0.3) is 22.4 Å². The molecule has 0 unspecified atom stereocenters. The number of ketones is 2. The Balaban J connectivity index is 1.24. The van der Waals surface area contributed by atoms with E-state index in [4.69, 9.17) is 4.74 Å². The molecule has 38 heavy (non-hydrogen) atoms. The summed E-state index contributed by atoms with van der Waals surface area (Å²) in [7, 11) is 5.57. The van der Waals surface area contributed by atoms with E-state index in [-0.39, 0.29) is 18.0 Å². The fourth-order valence-electron chi connectivity index (χ4n) is 4.38. The molecule has 0 spiro atoms. The maximum atomic E-state index is 13.0. The summed E-state index contributed by atoms with van der Waals surface area (Å²) in [6.45, 7) is 0. The molecule has 5 aromatic rings. The number of ether oxygens (including phenoxy) is 1. The van der Waals surface area contributed by atoms with Crippen LogP contribution in [0, 0.1) is 0 Å². The Labute approximate surface area is 221 Å². The fraction of sp³-hybridized carbons (Fsp3) is 0.156. The number of fused-ring (bicyclic) bond motifs is 1. The van der Waals surface area contributed by atoms with Crippen molar-refractivity contribution in [3.8, 4) is 17.1 Å². The Kier molecular flexibility index (Phi) is 7.05. The molecule has 0 aliphatic heterocycles. The summed E-state index contributed by atoms with van der Waals surface area (Å²) in [5.41, 5.74) is 6.84. The number of imidazole rings is 1. The minimum Gasteiger partial charge on any atom is -0.497 e. The minimum atomic E-state index is 0.0244. The number of Topliss-reactive ketones (excluding diaryl/α,β-unsaturated/α-hetero) is 2. The number of methoxy groups -OCH3 is 1. The van der Waals surface area contributed by atoms with Crippen LogP contribution in [0.15, 0.2) is 91.0 Å². The number of benzene rings is 4. The molecule has 5 rings (SSSR count). The number of aromatic nitrogens is 2. The molecule has 6 nitrogen and oxygen atoms in total. The first-order valence-corrected chi connectivity index (χ1v) is 12.5. The second-order valence-corrected chi connectivity index (χ2v) is 9.50. The van der Waals surface area contributed by atoms with Crippen LogP contribution in [0.1, 0.15) is 31.8 Å². The molecule has 0 saturated heterocycles. The van der Waals surface area contributed by atoms with Gasteiger partial charge in [0.15, 0.2) is 11.6 Å². The van der Waals surface area contributed by atoms with Crippen LogP contribution in [0.3, 0.4) is 0 Å². The first kappa shape index (κ1) is 25.0. The topological polar surface area (TPSA) is 75.3 Å². The third kappa shape index (κ3) is 5.49. The molecule has 1 heterocycles. The molecule has 1 aromatic heterocycles. The largest absolute Gasteiger partial charge is 0.497 e. The lowest BCUT2D eigenvalue weighted by Gasteiger charge is -2.12. The van der Waals surface area contributed by atoms with Gasteiger partial charge in [0.05, 0.1) is 18.1 Å². The predicted molar refractivity (Wildman–Crippen MR) is 151 cm³/mol. The molecular weight excluding hydrogens is 474 g/mol. The number of rotatable bonds is 9. The summed E-state index contributed by atoms with van der Waals surface area (Å²) in [5, 5.41) is 0. The second kappa shape index (κ2) is 10.7. The fourth-order valence-corrected chi connectivity index (χ4v) is 4.38. The molecule has 0 fully saturated rings. The van der Waals surface area contributed by atoms with Gasteiger partial charge in [-0.25, -0.2) is 4.98 Å². The van der Waals surface area contributed by atoms with Gasteiger partial charge in [0.2, 0.25) is 0 Å². The Morgan fingerprint density at radius 2 is 1.34 bits per heavy atom. The highest BCUT2D eigenvalue weighted by Crippen LogP contribution is 2.24. The highest BCUT2D eigenvalue weighted by atomic mass is 16.5. The van der Waals surface area contributed by atoms with Gasteiger partial charge in [-0.3, -0.25) is 9.59 Å². The number of anilines is 1. The van der Waals surface area contributed by atoms with E-state index in [2.05, 4.69) is 9.97 Å². The number of hydrogen-bond acceptors (Lipinski definition) is 5. The second-order valence-electron chi connectivity index (χ2n) is 9.50. The van der Waals surface area contributed by atoms with Crippen molar-refractivity contribution in [2.45, 2.75) is 12.8 Å². The molecule has 0 aliphatic carbocycles. The van der Waals surface area contributed by atoms with Crippen molar-refractivity contribution in [1.82, 2.24) is 9.97 Å². The van der Waals surface area contributed by atoms with Crippen molar-refractivity contribution in [3.05, 3.63) is 113 Å². The van der Waals surface area contributed by atoms with E-state index in [1.807, 2.05) is 97.9 Å². The Morgan fingerprint density at radius 1 is 0.763 bits per heavy atom. The standard InChI is InChI=1S/C32H29N3O3/c1-35(2)26-13-9-24(10-14-26)30(36)19-21-4-7-23(8-5-21)31(37)20-22-6-17-28-29(18-22)34-32(33-28)25-11-15-27(38-3)16-12-25/h4-18H,19-20H2,1-3H3,(H,33,34). The summed E-state index contributed by atoms with van der Waals surface area (Å²) in [4.78, 5) is 35.7. The Bertz CT molecular complexity index is 1580. The van der Waals surface area contributed by atoms with Crippen molar-refractivity contribution in [1.29, 1.82) is 0 Å². The van der Waals surface area contributed by atoms with E-state index >= 15 is 0 Å². The van der Waals surface area contributed by atoms with Crippen LogP contribution in [0.2, 0.25) is 0 Å². The number of hydrogen-bond donors (Lipinski definition) is 1. The van der Waals surface area contributed by atoms with E-state index in [0.717, 1.165) is 45.0 Å². The maximum Gasteiger partial charge on any atom is 0.167 e. The third-order valence-corrected chi connectivity index (χ3v) is 6.62. The maximum absolute atomic E-state index is 13.0. The van der Waals surface area contributed by atoms with Crippen LogP contribution < -0.4 is 9.64 Å². The molecule has 0 saturated carbocycles. The zero-order valence-electron chi connectivity index (χ0n) is 21.7. The minimum absolute atomic E-state index is 0.0244. The van der Waals surface area contributed by atoms with Gasteiger partial charge in [0.25, 0.3) is 0 Å². The smallest absolute Gasteiger partial charge is 0.167 e. The summed E-state index contributed by atoms with van der Waals surface area (Å²) in [6, 6.07) is 28.5.